The first-order chi connectivity index (χ1) is 11.1. The maximum Gasteiger partial charge on any atom is 0.431 e. The predicted molar refractivity (Wildman–Crippen MR) is 74.0 cm³/mol. The molecule has 0 aliphatic carbocycles. The Morgan fingerprint density at radius 3 is 2.38 bits per heavy atom. The quantitative estimate of drug-likeness (QED) is 0.652. The Balaban J connectivity index is 2.76. The van der Waals surface area contributed by atoms with E-state index in [1.54, 1.807) is 0 Å². The minimum absolute atomic E-state index is 0.0905. The third-order valence-electron chi connectivity index (χ3n) is 2.92. The number of aromatic nitrogens is 2. The van der Waals surface area contributed by atoms with E-state index in [1.807, 2.05) is 0 Å². The molecule has 2 aromatic rings. The lowest BCUT2D eigenvalue weighted by atomic mass is 10.2. The van der Waals surface area contributed by atoms with Gasteiger partial charge in [-0.2, -0.15) is 13.2 Å². The number of carbonyl (C=O) groups excluding carboxylic acids is 1. The van der Waals surface area contributed by atoms with Gasteiger partial charge in [-0.15, -0.1) is 0 Å². The smallest absolute Gasteiger partial charge is 0.431 e. The van der Waals surface area contributed by atoms with E-state index in [2.05, 4.69) is 4.74 Å². The molecule has 1 aromatic heterocycles. The summed E-state index contributed by atoms with van der Waals surface area (Å²) in [7, 11) is 1.01. The average Bonchev–Trinajstić information content (AvgIpc) is 2.46. The van der Waals surface area contributed by atoms with Crippen molar-refractivity contribution < 1.29 is 27.1 Å². The first kappa shape index (κ1) is 17.7. The fraction of sp³-hybridized carbons (Fsp3) is 0.154. The Morgan fingerprint density at radius 1 is 1.25 bits per heavy atom. The molecule has 1 N–H and O–H groups in total. The van der Waals surface area contributed by atoms with E-state index >= 15 is 0 Å². The number of benzene rings is 1. The molecule has 0 aliphatic heterocycles. The van der Waals surface area contributed by atoms with Crippen molar-refractivity contribution in [1.82, 2.24) is 9.55 Å². The van der Waals surface area contributed by atoms with Crippen LogP contribution in [0.5, 0.6) is 0 Å². The number of nitrogens with zero attached hydrogens (tertiary/aromatic N) is 1. The Kier molecular flexibility index (Phi) is 4.52. The summed E-state index contributed by atoms with van der Waals surface area (Å²) in [6.45, 7) is 0. The summed E-state index contributed by atoms with van der Waals surface area (Å²) >= 11 is 5.66. The number of H-pyrrole nitrogens is 1. The maximum atomic E-state index is 14.0. The summed E-state index contributed by atoms with van der Waals surface area (Å²) < 4.78 is 56.2. The molecule has 0 saturated carbocycles. The van der Waals surface area contributed by atoms with Crippen molar-refractivity contribution in [2.24, 2.45) is 0 Å². The van der Waals surface area contributed by atoms with E-state index in [9.17, 15) is 31.9 Å². The summed E-state index contributed by atoms with van der Waals surface area (Å²) in [4.78, 5) is 36.6. The zero-order valence-corrected chi connectivity index (χ0v) is 12.5. The van der Waals surface area contributed by atoms with Crippen molar-refractivity contribution in [1.29, 1.82) is 0 Å². The molecule has 0 unspecified atom stereocenters. The first-order valence-corrected chi connectivity index (χ1v) is 6.45. The Morgan fingerprint density at radius 2 is 1.88 bits per heavy atom. The Labute approximate surface area is 135 Å². The number of esters is 1. The average molecular weight is 367 g/mol. The summed E-state index contributed by atoms with van der Waals surface area (Å²) in [5.41, 5.74) is -5.69. The first-order valence-electron chi connectivity index (χ1n) is 6.07. The topological polar surface area (TPSA) is 81.2 Å². The molecule has 1 aromatic carbocycles. The van der Waals surface area contributed by atoms with Gasteiger partial charge >= 0.3 is 17.8 Å². The molecule has 128 valence electrons. The molecule has 0 saturated heterocycles. The number of carbonyl (C=O) groups is 1. The number of hydrogen-bond donors (Lipinski definition) is 1. The maximum absolute atomic E-state index is 14.0. The van der Waals surface area contributed by atoms with Crippen LogP contribution in [0.15, 0.2) is 27.8 Å². The number of aromatic amines is 1. The van der Waals surface area contributed by atoms with Crippen LogP contribution in [-0.2, 0) is 10.9 Å². The minimum atomic E-state index is -4.97. The normalized spacial score (nSPS) is 11.4. The lowest BCUT2D eigenvalue weighted by Gasteiger charge is -2.11. The van der Waals surface area contributed by atoms with E-state index in [0.29, 0.717) is 6.07 Å². The number of rotatable bonds is 2. The fourth-order valence-corrected chi connectivity index (χ4v) is 2.08. The van der Waals surface area contributed by atoms with Crippen LogP contribution in [0.4, 0.5) is 17.6 Å². The van der Waals surface area contributed by atoms with Crippen LogP contribution < -0.4 is 11.2 Å². The third kappa shape index (κ3) is 3.18. The predicted octanol–water partition coefficient (Wildman–Crippen LogP) is 2.12. The minimum Gasteiger partial charge on any atom is -0.465 e. The van der Waals surface area contributed by atoms with Crippen molar-refractivity contribution >= 4 is 17.6 Å². The highest BCUT2D eigenvalue weighted by Crippen LogP contribution is 2.26. The molecule has 11 heteroatoms. The van der Waals surface area contributed by atoms with E-state index < -0.39 is 40.6 Å². The highest BCUT2D eigenvalue weighted by Gasteiger charge is 2.33. The lowest BCUT2D eigenvalue weighted by Crippen LogP contribution is -2.36. The van der Waals surface area contributed by atoms with Gasteiger partial charge in [0.05, 0.1) is 23.4 Å². The monoisotopic (exact) mass is 366 g/mol. The Hall–Kier alpha value is -2.62. The third-order valence-corrected chi connectivity index (χ3v) is 3.23. The molecule has 1 heterocycles. The zero-order chi connectivity index (χ0) is 18.2. The number of methoxy groups -OCH3 is 1. The van der Waals surface area contributed by atoms with Crippen molar-refractivity contribution in [3.05, 3.63) is 61.1 Å². The second-order valence-corrected chi connectivity index (χ2v) is 4.84. The number of hydrogen-bond acceptors (Lipinski definition) is 4. The Bertz CT molecular complexity index is 902. The van der Waals surface area contributed by atoms with Gasteiger partial charge in [0.15, 0.2) is 0 Å². The largest absolute Gasteiger partial charge is 0.465 e. The van der Waals surface area contributed by atoms with Crippen molar-refractivity contribution in [3.8, 4) is 5.69 Å². The van der Waals surface area contributed by atoms with Gasteiger partial charge in [-0.3, -0.25) is 4.79 Å². The molecule has 0 amide bonds. The van der Waals surface area contributed by atoms with E-state index in [1.165, 1.54) is 4.98 Å². The molecule has 0 spiro atoms. The molecule has 0 atom stereocenters. The van der Waals surface area contributed by atoms with Crippen LogP contribution in [-0.4, -0.2) is 22.6 Å². The highest BCUT2D eigenvalue weighted by atomic mass is 35.5. The fourth-order valence-electron chi connectivity index (χ4n) is 1.85. The molecule has 24 heavy (non-hydrogen) atoms. The van der Waals surface area contributed by atoms with Gasteiger partial charge in [0.25, 0.3) is 5.56 Å². The highest BCUT2D eigenvalue weighted by molar-refractivity contribution is 6.33. The van der Waals surface area contributed by atoms with Gasteiger partial charge < -0.3 is 9.72 Å². The SMILES string of the molecule is COC(=O)c1cc(-n2c(=O)cc(C(F)(F)F)[nH]c2=O)c(F)cc1Cl. The van der Waals surface area contributed by atoms with Crippen LogP contribution in [0.1, 0.15) is 16.1 Å². The summed E-state index contributed by atoms with van der Waals surface area (Å²) in [5, 5.41) is -0.362. The van der Waals surface area contributed by atoms with Gasteiger partial charge in [0.2, 0.25) is 0 Å². The van der Waals surface area contributed by atoms with Gasteiger partial charge in [-0.05, 0) is 12.1 Å². The zero-order valence-electron chi connectivity index (χ0n) is 11.7. The molecular formula is C13H7ClF4N2O4. The molecule has 0 bridgehead atoms. The van der Waals surface area contributed by atoms with Crippen molar-refractivity contribution in [2.45, 2.75) is 6.18 Å². The van der Waals surface area contributed by atoms with Crippen LogP contribution in [0.2, 0.25) is 5.02 Å². The van der Waals surface area contributed by atoms with Gasteiger partial charge in [0.1, 0.15) is 11.5 Å². The van der Waals surface area contributed by atoms with Crippen molar-refractivity contribution in [2.75, 3.05) is 7.11 Å². The summed E-state index contributed by atoms with van der Waals surface area (Å²) in [5.74, 6) is -2.18. The van der Waals surface area contributed by atoms with Crippen LogP contribution >= 0.6 is 11.6 Å². The molecule has 0 fully saturated rings. The van der Waals surface area contributed by atoms with E-state index in [0.717, 1.165) is 13.2 Å². The summed E-state index contributed by atoms with van der Waals surface area (Å²) in [6.07, 6.45) is -4.97. The van der Waals surface area contributed by atoms with Crippen LogP contribution in [0.25, 0.3) is 5.69 Å². The van der Waals surface area contributed by atoms with E-state index in [4.69, 9.17) is 11.6 Å². The molecule has 2 rings (SSSR count). The number of halogens is 5. The lowest BCUT2D eigenvalue weighted by molar-refractivity contribution is -0.141. The standard InChI is InChI=1S/C13H7ClF4N2O4/c1-24-11(22)5-2-8(7(15)3-6(5)14)20-10(21)4-9(13(16,17)18)19-12(20)23/h2-4H,1H3,(H,19,23). The molecular weight excluding hydrogens is 360 g/mol. The van der Waals surface area contributed by atoms with Gasteiger partial charge in [0, 0.05) is 6.07 Å². The van der Waals surface area contributed by atoms with E-state index in [-0.39, 0.29) is 21.2 Å². The summed E-state index contributed by atoms with van der Waals surface area (Å²) in [6, 6.07) is 1.45. The molecule has 0 aliphatic rings. The van der Waals surface area contributed by atoms with Gasteiger partial charge in [-0.25, -0.2) is 18.5 Å². The van der Waals surface area contributed by atoms with Crippen LogP contribution in [0.3, 0.4) is 0 Å². The number of alkyl halides is 3. The van der Waals surface area contributed by atoms with Crippen LogP contribution in [0, 0.1) is 5.82 Å². The number of nitrogens with one attached hydrogen (secondary N) is 1. The van der Waals surface area contributed by atoms with Crippen molar-refractivity contribution in [3.63, 3.8) is 0 Å². The molecule has 0 radical (unpaired) electrons. The van der Waals surface area contributed by atoms with Gasteiger partial charge in [-0.1, -0.05) is 11.6 Å². The second kappa shape index (κ2) is 6.11. The second-order valence-electron chi connectivity index (χ2n) is 4.43. The number of ether oxygens (including phenoxy) is 1. The molecule has 6 nitrogen and oxygen atoms in total.